The number of amides is 2. The maximum Gasteiger partial charge on any atom is 0.251 e. The summed E-state index contributed by atoms with van der Waals surface area (Å²) in [6.07, 6.45) is 4.93. The van der Waals surface area contributed by atoms with Crippen molar-refractivity contribution in [1.29, 1.82) is 0 Å². The SMILES string of the molecule is CC(=O)Nc1nc2c(s1)-c1c(c(-c3ccco3)nn1-c1ccc(C(=O)NC3CCN(C)CC3)cc1Cl)CC2. The number of benzene rings is 1. The van der Waals surface area contributed by atoms with Crippen LogP contribution in [-0.4, -0.2) is 57.7 Å². The van der Waals surface area contributed by atoms with E-state index in [9.17, 15) is 9.59 Å². The maximum absolute atomic E-state index is 13.0. The number of hydrogen-bond donors (Lipinski definition) is 2. The van der Waals surface area contributed by atoms with Crippen molar-refractivity contribution >= 4 is 39.9 Å². The number of aryl methyl sites for hydroxylation is 1. The number of carbonyl (C=O) groups excluding carboxylic acids is 2. The lowest BCUT2D eigenvalue weighted by Gasteiger charge is -2.29. The van der Waals surface area contributed by atoms with Crippen molar-refractivity contribution < 1.29 is 14.0 Å². The molecule has 196 valence electrons. The number of aromatic nitrogens is 3. The number of fused-ring (bicyclic) bond motifs is 3. The van der Waals surface area contributed by atoms with Gasteiger partial charge in [0.1, 0.15) is 5.69 Å². The van der Waals surface area contributed by atoms with Crippen molar-refractivity contribution in [1.82, 2.24) is 25.0 Å². The van der Waals surface area contributed by atoms with Gasteiger partial charge in [-0.2, -0.15) is 5.10 Å². The van der Waals surface area contributed by atoms with Gasteiger partial charge in [-0.05, 0) is 76.2 Å². The van der Waals surface area contributed by atoms with Crippen LogP contribution in [0.25, 0.3) is 27.7 Å². The van der Waals surface area contributed by atoms with E-state index in [2.05, 4.69) is 27.6 Å². The first-order chi connectivity index (χ1) is 18.4. The molecule has 6 rings (SSSR count). The van der Waals surface area contributed by atoms with Gasteiger partial charge in [0.15, 0.2) is 10.9 Å². The van der Waals surface area contributed by atoms with Gasteiger partial charge in [0.2, 0.25) is 5.91 Å². The largest absolute Gasteiger partial charge is 0.463 e. The normalized spacial score (nSPS) is 15.7. The number of likely N-dealkylation sites (tertiary alicyclic amines) is 1. The molecule has 0 unspecified atom stereocenters. The fraction of sp³-hybridized carbons (Fsp3) is 0.333. The molecule has 1 fully saturated rings. The van der Waals surface area contributed by atoms with Gasteiger partial charge in [0.05, 0.1) is 33.2 Å². The molecule has 1 saturated heterocycles. The van der Waals surface area contributed by atoms with E-state index < -0.39 is 0 Å². The molecule has 4 heterocycles. The average molecular weight is 551 g/mol. The summed E-state index contributed by atoms with van der Waals surface area (Å²) >= 11 is 8.22. The average Bonchev–Trinajstić information content (AvgIpc) is 3.63. The monoisotopic (exact) mass is 550 g/mol. The highest BCUT2D eigenvalue weighted by molar-refractivity contribution is 7.19. The zero-order chi connectivity index (χ0) is 26.4. The molecule has 0 atom stereocenters. The van der Waals surface area contributed by atoms with Gasteiger partial charge < -0.3 is 20.0 Å². The van der Waals surface area contributed by atoms with Crippen molar-refractivity contribution in [2.24, 2.45) is 0 Å². The van der Waals surface area contributed by atoms with Crippen LogP contribution in [0.2, 0.25) is 5.02 Å². The summed E-state index contributed by atoms with van der Waals surface area (Å²) in [5, 5.41) is 11.8. The van der Waals surface area contributed by atoms with Crippen LogP contribution in [-0.2, 0) is 17.6 Å². The number of carbonyl (C=O) groups is 2. The van der Waals surface area contributed by atoms with Crippen molar-refractivity contribution in [3.05, 3.63) is 58.4 Å². The van der Waals surface area contributed by atoms with Crippen LogP contribution in [0, 0.1) is 0 Å². The summed E-state index contributed by atoms with van der Waals surface area (Å²) in [5.74, 6) is 0.370. The minimum atomic E-state index is -0.168. The van der Waals surface area contributed by atoms with Gasteiger partial charge in [-0.3, -0.25) is 9.59 Å². The number of furan rings is 1. The fourth-order valence-corrected chi connectivity index (χ4v) is 6.48. The Kier molecular flexibility index (Phi) is 6.55. The van der Waals surface area contributed by atoms with E-state index in [1.54, 1.807) is 18.4 Å². The first-order valence-electron chi connectivity index (χ1n) is 12.6. The van der Waals surface area contributed by atoms with Crippen LogP contribution >= 0.6 is 22.9 Å². The van der Waals surface area contributed by atoms with Gasteiger partial charge in [-0.1, -0.05) is 22.9 Å². The van der Waals surface area contributed by atoms with Crippen LogP contribution < -0.4 is 10.6 Å². The molecule has 9 nitrogen and oxygen atoms in total. The molecule has 4 aromatic rings. The van der Waals surface area contributed by atoms with Crippen molar-refractivity contribution in [3.63, 3.8) is 0 Å². The fourth-order valence-electron chi connectivity index (χ4n) is 5.10. The van der Waals surface area contributed by atoms with Crippen LogP contribution in [0.4, 0.5) is 5.13 Å². The summed E-state index contributed by atoms with van der Waals surface area (Å²) in [4.78, 5) is 32.5. The molecular weight excluding hydrogens is 524 g/mol. The Morgan fingerprint density at radius 2 is 2.00 bits per heavy atom. The molecule has 1 aromatic carbocycles. The second kappa shape index (κ2) is 10.0. The van der Waals surface area contributed by atoms with Gasteiger partial charge in [-0.15, -0.1) is 0 Å². The predicted molar refractivity (Wildman–Crippen MR) is 147 cm³/mol. The number of piperidine rings is 1. The molecule has 11 heteroatoms. The summed E-state index contributed by atoms with van der Waals surface area (Å²) in [6, 6.07) is 9.19. The summed E-state index contributed by atoms with van der Waals surface area (Å²) in [7, 11) is 2.09. The topological polar surface area (TPSA) is 105 Å². The Labute approximate surface area is 228 Å². The van der Waals surface area contributed by atoms with E-state index in [0.717, 1.165) is 66.3 Å². The smallest absolute Gasteiger partial charge is 0.251 e. The van der Waals surface area contributed by atoms with Crippen LogP contribution in [0.3, 0.4) is 0 Å². The van der Waals surface area contributed by atoms with Crippen molar-refractivity contribution in [2.75, 3.05) is 25.5 Å². The van der Waals surface area contributed by atoms with Crippen LogP contribution in [0.5, 0.6) is 0 Å². The zero-order valence-corrected chi connectivity index (χ0v) is 22.7. The molecule has 2 N–H and O–H groups in total. The van der Waals surface area contributed by atoms with Crippen molar-refractivity contribution in [3.8, 4) is 27.7 Å². The van der Waals surface area contributed by atoms with Crippen molar-refractivity contribution in [2.45, 2.75) is 38.6 Å². The number of hydrogen-bond acceptors (Lipinski definition) is 7. The number of rotatable bonds is 5. The molecule has 0 radical (unpaired) electrons. The molecule has 2 amide bonds. The Hall–Kier alpha value is -3.47. The number of anilines is 1. The Morgan fingerprint density at radius 3 is 2.71 bits per heavy atom. The second-order valence-corrected chi connectivity index (χ2v) is 11.2. The molecule has 1 aliphatic heterocycles. The third kappa shape index (κ3) is 4.63. The first kappa shape index (κ1) is 24.8. The van der Waals surface area contributed by atoms with E-state index >= 15 is 0 Å². The predicted octanol–water partition coefficient (Wildman–Crippen LogP) is 4.79. The highest BCUT2D eigenvalue weighted by atomic mass is 35.5. The van der Waals surface area contributed by atoms with E-state index in [1.165, 1.54) is 18.3 Å². The van der Waals surface area contributed by atoms with E-state index in [0.29, 0.717) is 27.2 Å². The first-order valence-corrected chi connectivity index (χ1v) is 13.8. The lowest BCUT2D eigenvalue weighted by molar-refractivity contribution is -0.114. The summed E-state index contributed by atoms with van der Waals surface area (Å²) in [5.41, 5.74) is 4.71. The molecule has 0 spiro atoms. The highest BCUT2D eigenvalue weighted by Crippen LogP contribution is 2.44. The lowest BCUT2D eigenvalue weighted by atomic mass is 9.97. The lowest BCUT2D eigenvalue weighted by Crippen LogP contribution is -2.43. The summed E-state index contributed by atoms with van der Waals surface area (Å²) in [6.45, 7) is 3.40. The molecule has 2 aliphatic rings. The third-order valence-electron chi connectivity index (χ3n) is 7.04. The van der Waals surface area contributed by atoms with Gasteiger partial charge >= 0.3 is 0 Å². The Morgan fingerprint density at radius 1 is 1.18 bits per heavy atom. The minimum absolute atomic E-state index is 0.128. The van der Waals surface area contributed by atoms with Gasteiger partial charge in [-0.25, -0.2) is 9.67 Å². The number of nitrogens with zero attached hydrogens (tertiary/aromatic N) is 4. The zero-order valence-electron chi connectivity index (χ0n) is 21.1. The molecule has 3 aromatic heterocycles. The Balaban J connectivity index is 1.38. The number of nitrogens with one attached hydrogen (secondary N) is 2. The molecule has 0 saturated carbocycles. The van der Waals surface area contributed by atoms with E-state index in [4.69, 9.17) is 21.1 Å². The molecule has 1 aliphatic carbocycles. The number of thiazole rings is 1. The molecular formula is C27H27ClN6O3S. The number of halogens is 1. The summed E-state index contributed by atoms with van der Waals surface area (Å²) < 4.78 is 7.51. The highest BCUT2D eigenvalue weighted by Gasteiger charge is 2.31. The van der Waals surface area contributed by atoms with E-state index in [-0.39, 0.29) is 17.9 Å². The maximum atomic E-state index is 13.0. The molecule has 38 heavy (non-hydrogen) atoms. The minimum Gasteiger partial charge on any atom is -0.463 e. The Bertz CT molecular complexity index is 1520. The molecule has 0 bridgehead atoms. The standard InChI is InChI=1S/C27H27ClN6O3S/c1-15(35)29-27-31-20-7-6-18-23(22-4-3-13-37-22)32-34(24(18)25(20)38-27)21-8-5-16(14-19(21)28)26(36)30-17-9-11-33(2)12-10-17/h3-5,8,13-14,17H,6-7,9-12H2,1-2H3,(H,30,36)(H,29,31,35). The van der Waals surface area contributed by atoms with Gasteiger partial charge in [0, 0.05) is 24.1 Å². The second-order valence-electron chi connectivity index (χ2n) is 9.76. The quantitative estimate of drug-likeness (QED) is 0.370. The van der Waals surface area contributed by atoms with E-state index in [1.807, 2.05) is 22.9 Å². The van der Waals surface area contributed by atoms with Gasteiger partial charge in [0.25, 0.3) is 5.91 Å². The van der Waals surface area contributed by atoms with Crippen LogP contribution in [0.1, 0.15) is 41.4 Å². The van der Waals surface area contributed by atoms with Crippen LogP contribution in [0.15, 0.2) is 41.0 Å². The third-order valence-corrected chi connectivity index (χ3v) is 8.36.